The van der Waals surface area contributed by atoms with Crippen LogP contribution in [-0.2, 0) is 26.3 Å². The fourth-order valence-corrected chi connectivity index (χ4v) is 5.10. The number of aromatic nitrogens is 1. The number of carbonyl (C=O) groups excluding carboxylic acids is 2. The maximum atomic E-state index is 13.7. The molecule has 0 bridgehead atoms. The first-order valence-electron chi connectivity index (χ1n) is 10.6. The van der Waals surface area contributed by atoms with Crippen LogP contribution in [0.25, 0.3) is 10.9 Å². The molecule has 30 heavy (non-hydrogen) atoms. The van der Waals surface area contributed by atoms with Crippen molar-refractivity contribution in [2.75, 3.05) is 59.6 Å². The van der Waals surface area contributed by atoms with Crippen molar-refractivity contribution in [2.24, 2.45) is 0 Å². The van der Waals surface area contributed by atoms with E-state index < -0.39 is 5.54 Å². The number of morpholine rings is 1. The number of aromatic amines is 1. The van der Waals surface area contributed by atoms with Gasteiger partial charge in [-0.1, -0.05) is 0 Å². The van der Waals surface area contributed by atoms with Crippen molar-refractivity contribution in [3.8, 4) is 5.75 Å². The van der Waals surface area contributed by atoms with Crippen molar-refractivity contribution < 1.29 is 19.1 Å². The standard InChI is InChI=1S/C22H28N4O4/c1-22-20-16(17-13-15(29-2)3-4-18(17)23-20)5-6-26(22)19(27)14-25(21(22)28)8-7-24-9-11-30-12-10-24/h3-4,13,23H,5-12,14H2,1-2H3/t22-/m1/s1. The molecule has 0 unspecified atom stereocenters. The SMILES string of the molecule is COc1ccc2[nH]c3c(c2c1)CCN1C(=O)CN(CCN2CCOCC2)C(=O)[C@@]31C. The summed E-state index contributed by atoms with van der Waals surface area (Å²) in [6, 6.07) is 5.90. The van der Waals surface area contributed by atoms with E-state index in [0.717, 1.165) is 67.2 Å². The van der Waals surface area contributed by atoms with E-state index in [9.17, 15) is 9.59 Å². The number of methoxy groups -OCH3 is 1. The Hall–Kier alpha value is -2.58. The molecule has 2 amide bonds. The summed E-state index contributed by atoms with van der Waals surface area (Å²) in [5, 5.41) is 1.07. The van der Waals surface area contributed by atoms with E-state index in [0.29, 0.717) is 13.1 Å². The first-order chi connectivity index (χ1) is 14.5. The lowest BCUT2D eigenvalue weighted by Gasteiger charge is -2.49. The second-order valence-electron chi connectivity index (χ2n) is 8.44. The average Bonchev–Trinajstić information content (AvgIpc) is 3.15. The fourth-order valence-electron chi connectivity index (χ4n) is 5.10. The molecule has 2 fully saturated rings. The molecular formula is C22H28N4O4. The molecule has 1 N–H and O–H groups in total. The summed E-state index contributed by atoms with van der Waals surface area (Å²) in [5.74, 6) is 0.797. The molecule has 8 nitrogen and oxygen atoms in total. The van der Waals surface area contributed by atoms with Gasteiger partial charge in [0.2, 0.25) is 5.91 Å². The summed E-state index contributed by atoms with van der Waals surface area (Å²) in [5.41, 5.74) is 1.92. The number of benzene rings is 1. The van der Waals surface area contributed by atoms with Crippen molar-refractivity contribution in [2.45, 2.75) is 18.9 Å². The number of fused-ring (bicyclic) bond motifs is 5. The average molecular weight is 412 g/mol. The Morgan fingerprint density at radius 3 is 2.73 bits per heavy atom. The van der Waals surface area contributed by atoms with Gasteiger partial charge in [0.25, 0.3) is 5.91 Å². The van der Waals surface area contributed by atoms with Gasteiger partial charge in [-0.2, -0.15) is 0 Å². The number of carbonyl (C=O) groups is 2. The van der Waals surface area contributed by atoms with Crippen LogP contribution in [0.4, 0.5) is 0 Å². The first-order valence-corrected chi connectivity index (χ1v) is 10.6. The third-order valence-corrected chi connectivity index (χ3v) is 6.85. The quantitative estimate of drug-likeness (QED) is 0.809. The lowest BCUT2D eigenvalue weighted by atomic mass is 9.83. The maximum absolute atomic E-state index is 13.7. The Morgan fingerprint density at radius 1 is 1.17 bits per heavy atom. The van der Waals surface area contributed by atoms with Crippen LogP contribution in [-0.4, -0.2) is 91.1 Å². The Kier molecular flexibility index (Phi) is 4.71. The molecule has 3 aliphatic rings. The van der Waals surface area contributed by atoms with Gasteiger partial charge in [0.1, 0.15) is 5.75 Å². The van der Waals surface area contributed by atoms with Gasteiger partial charge in [0.15, 0.2) is 5.54 Å². The minimum atomic E-state index is -1.000. The van der Waals surface area contributed by atoms with E-state index in [4.69, 9.17) is 9.47 Å². The number of ether oxygens (including phenoxy) is 2. The molecule has 4 heterocycles. The second kappa shape index (κ2) is 7.28. The van der Waals surface area contributed by atoms with Crippen molar-refractivity contribution in [1.29, 1.82) is 0 Å². The van der Waals surface area contributed by atoms with E-state index in [2.05, 4.69) is 9.88 Å². The third-order valence-electron chi connectivity index (χ3n) is 6.85. The zero-order valence-electron chi connectivity index (χ0n) is 17.6. The van der Waals surface area contributed by atoms with Gasteiger partial charge in [-0.25, -0.2) is 0 Å². The number of hydrogen-bond donors (Lipinski definition) is 1. The predicted octanol–water partition coefficient (Wildman–Crippen LogP) is 0.951. The number of hydrogen-bond acceptors (Lipinski definition) is 5. The van der Waals surface area contributed by atoms with Crippen LogP contribution in [0, 0.1) is 0 Å². The Bertz CT molecular complexity index is 996. The van der Waals surface area contributed by atoms with Gasteiger partial charge in [-0.05, 0) is 37.1 Å². The number of amides is 2. The molecular weight excluding hydrogens is 384 g/mol. The second-order valence-corrected chi connectivity index (χ2v) is 8.44. The predicted molar refractivity (Wildman–Crippen MR) is 111 cm³/mol. The van der Waals surface area contributed by atoms with E-state index in [1.165, 1.54) is 0 Å². The van der Waals surface area contributed by atoms with Crippen LogP contribution in [0.1, 0.15) is 18.2 Å². The Labute approximate surface area is 175 Å². The molecule has 0 radical (unpaired) electrons. The molecule has 8 heteroatoms. The molecule has 1 aromatic heterocycles. The normalized spacial score (nSPS) is 24.9. The minimum Gasteiger partial charge on any atom is -0.497 e. The van der Waals surface area contributed by atoms with Gasteiger partial charge in [0.05, 0.1) is 32.6 Å². The molecule has 2 aromatic rings. The zero-order valence-corrected chi connectivity index (χ0v) is 17.6. The van der Waals surface area contributed by atoms with Gasteiger partial charge < -0.3 is 24.3 Å². The van der Waals surface area contributed by atoms with E-state index >= 15 is 0 Å². The molecule has 2 saturated heterocycles. The Morgan fingerprint density at radius 2 is 1.97 bits per heavy atom. The van der Waals surface area contributed by atoms with Crippen LogP contribution in [0.15, 0.2) is 18.2 Å². The summed E-state index contributed by atoms with van der Waals surface area (Å²) < 4.78 is 10.8. The third kappa shape index (κ3) is 2.89. The van der Waals surface area contributed by atoms with Crippen LogP contribution in [0.3, 0.4) is 0 Å². The monoisotopic (exact) mass is 412 g/mol. The number of nitrogens with zero attached hydrogens (tertiary/aromatic N) is 3. The summed E-state index contributed by atoms with van der Waals surface area (Å²) in [7, 11) is 1.65. The molecule has 1 aromatic carbocycles. The van der Waals surface area contributed by atoms with Crippen molar-refractivity contribution >= 4 is 22.7 Å². The molecule has 3 aliphatic heterocycles. The number of nitrogens with one attached hydrogen (secondary N) is 1. The van der Waals surface area contributed by atoms with Crippen molar-refractivity contribution in [3.63, 3.8) is 0 Å². The van der Waals surface area contributed by atoms with Crippen molar-refractivity contribution in [3.05, 3.63) is 29.5 Å². The molecule has 0 spiro atoms. The molecule has 0 aliphatic carbocycles. The fraction of sp³-hybridized carbons (Fsp3) is 0.545. The number of piperazine rings is 1. The molecule has 0 saturated carbocycles. The first kappa shape index (κ1) is 19.4. The lowest BCUT2D eigenvalue weighted by molar-refractivity contribution is -0.166. The van der Waals surface area contributed by atoms with Crippen LogP contribution in [0.2, 0.25) is 0 Å². The van der Waals surface area contributed by atoms with Crippen LogP contribution >= 0.6 is 0 Å². The highest BCUT2D eigenvalue weighted by Gasteiger charge is 2.54. The van der Waals surface area contributed by atoms with E-state index in [-0.39, 0.29) is 18.4 Å². The maximum Gasteiger partial charge on any atom is 0.254 e. The molecule has 1 atom stereocenters. The minimum absolute atomic E-state index is 0.00479. The zero-order chi connectivity index (χ0) is 20.9. The van der Waals surface area contributed by atoms with Crippen molar-refractivity contribution in [1.82, 2.24) is 19.7 Å². The van der Waals surface area contributed by atoms with Crippen LogP contribution in [0.5, 0.6) is 5.75 Å². The summed E-state index contributed by atoms with van der Waals surface area (Å²) in [4.78, 5) is 36.0. The summed E-state index contributed by atoms with van der Waals surface area (Å²) in [6.07, 6.45) is 0.727. The Balaban J connectivity index is 1.48. The van der Waals surface area contributed by atoms with Gasteiger partial charge in [-0.3, -0.25) is 14.5 Å². The molecule has 160 valence electrons. The number of H-pyrrole nitrogens is 1. The molecule has 5 rings (SSSR count). The largest absolute Gasteiger partial charge is 0.497 e. The number of rotatable bonds is 4. The van der Waals surface area contributed by atoms with Crippen LogP contribution < -0.4 is 4.74 Å². The highest BCUT2D eigenvalue weighted by molar-refractivity contribution is 6.00. The topological polar surface area (TPSA) is 78.1 Å². The van der Waals surface area contributed by atoms with Gasteiger partial charge >= 0.3 is 0 Å². The smallest absolute Gasteiger partial charge is 0.254 e. The summed E-state index contributed by atoms with van der Waals surface area (Å²) >= 11 is 0. The lowest BCUT2D eigenvalue weighted by Crippen LogP contribution is -2.67. The van der Waals surface area contributed by atoms with E-state index in [1.807, 2.05) is 25.1 Å². The summed E-state index contributed by atoms with van der Waals surface area (Å²) in [6.45, 7) is 7.09. The highest BCUT2D eigenvalue weighted by atomic mass is 16.5. The van der Waals surface area contributed by atoms with Gasteiger partial charge in [-0.15, -0.1) is 0 Å². The highest BCUT2D eigenvalue weighted by Crippen LogP contribution is 2.42. The van der Waals surface area contributed by atoms with Gasteiger partial charge in [0, 0.05) is 43.6 Å². The van der Waals surface area contributed by atoms with E-state index in [1.54, 1.807) is 16.9 Å².